The third-order valence-corrected chi connectivity index (χ3v) is 8.36. The Hall–Kier alpha value is -1.09. The monoisotopic (exact) mass is 435 g/mol. The van der Waals surface area contributed by atoms with Crippen LogP contribution >= 0.6 is 0 Å². The molecule has 1 aromatic rings. The van der Waals surface area contributed by atoms with Crippen molar-refractivity contribution in [1.82, 2.24) is 4.90 Å². The molecule has 1 aliphatic carbocycles. The maximum atomic E-state index is 13.0. The molecule has 148 valence electrons. The molecule has 1 heterocycles. The van der Waals surface area contributed by atoms with Crippen molar-refractivity contribution >= 4 is 25.3 Å². The van der Waals surface area contributed by atoms with Crippen molar-refractivity contribution in [1.29, 1.82) is 0 Å². The molecular weight excluding hydrogens is 401 g/mol. The fraction of sp³-hybridized carbons (Fsp3) is 0.609. The summed E-state index contributed by atoms with van der Waals surface area (Å²) in [6, 6.07) is 10.6. The maximum absolute atomic E-state index is 13.0. The molecule has 0 aromatic heterocycles. The second kappa shape index (κ2) is 8.51. The Morgan fingerprint density at radius 3 is 2.67 bits per heavy atom. The molecule has 2 fully saturated rings. The Labute approximate surface area is 170 Å². The first-order chi connectivity index (χ1) is 12.8. The molecule has 1 amide bonds. The molecule has 0 unspecified atom stereocenters. The molecule has 3 nitrogen and oxygen atoms in total. The molecule has 0 N–H and O–H groups in total. The Bertz CT molecular complexity index is 672. The zero-order valence-corrected chi connectivity index (χ0v) is 18.8. The zero-order chi connectivity index (χ0) is 19.6. The van der Waals surface area contributed by atoms with Gasteiger partial charge in [-0.3, -0.25) is 0 Å². The average Bonchev–Trinajstić information content (AvgIpc) is 2.61. The summed E-state index contributed by atoms with van der Waals surface area (Å²) in [6.45, 7) is 12.5. The number of nitrogens with zero attached hydrogens (tertiary/aromatic N) is 1. The van der Waals surface area contributed by atoms with Crippen LogP contribution < -0.4 is 4.46 Å². The molecule has 0 spiro atoms. The average molecular weight is 434 g/mol. The van der Waals surface area contributed by atoms with Crippen LogP contribution in [-0.2, 0) is 9.53 Å². The molecule has 3 rings (SSSR count). The van der Waals surface area contributed by atoms with E-state index in [0.29, 0.717) is 32.4 Å². The molecule has 0 radical (unpaired) electrons. The van der Waals surface area contributed by atoms with Crippen LogP contribution in [0.4, 0.5) is 0 Å². The van der Waals surface area contributed by atoms with Crippen LogP contribution in [0, 0.1) is 11.8 Å². The number of rotatable bonds is 5. The van der Waals surface area contributed by atoms with Crippen molar-refractivity contribution in [2.24, 2.45) is 11.8 Å². The van der Waals surface area contributed by atoms with Crippen LogP contribution in [0.25, 0.3) is 0 Å². The van der Waals surface area contributed by atoms with Crippen molar-refractivity contribution in [2.45, 2.75) is 76.6 Å². The van der Waals surface area contributed by atoms with Gasteiger partial charge >= 0.3 is 171 Å². The number of ether oxygens (including phenoxy) is 1. The van der Waals surface area contributed by atoms with E-state index in [-0.39, 0.29) is 23.8 Å². The van der Waals surface area contributed by atoms with Crippen molar-refractivity contribution < 1.29 is 9.53 Å². The first-order valence-corrected chi connectivity index (χ1v) is 12.2. The SMILES string of the molecule is C=C(C)C(=O)N1[C@H](CC[Se]c2ccccc2)O[C@@H]2C[C@H](C)CC[C@@H]2C1(C)C. The molecule has 27 heavy (non-hydrogen) atoms. The topological polar surface area (TPSA) is 29.5 Å². The summed E-state index contributed by atoms with van der Waals surface area (Å²) < 4.78 is 8.00. The van der Waals surface area contributed by atoms with Crippen molar-refractivity contribution in [3.05, 3.63) is 42.5 Å². The molecule has 1 aromatic carbocycles. The summed E-state index contributed by atoms with van der Waals surface area (Å²) in [5.41, 5.74) is 0.414. The van der Waals surface area contributed by atoms with E-state index < -0.39 is 0 Å². The Kier molecular flexibility index (Phi) is 6.50. The fourth-order valence-corrected chi connectivity index (χ4v) is 6.59. The molecular formula is C23H33NO2Se. The summed E-state index contributed by atoms with van der Waals surface area (Å²) in [5, 5.41) is 1.07. The van der Waals surface area contributed by atoms with Gasteiger partial charge in [-0.1, -0.05) is 0 Å². The van der Waals surface area contributed by atoms with E-state index in [0.717, 1.165) is 24.6 Å². The predicted octanol–water partition coefficient (Wildman–Crippen LogP) is 4.17. The number of carbonyl (C=O) groups excluding carboxylic acids is 1. The second-order valence-corrected chi connectivity index (χ2v) is 11.2. The molecule has 1 aliphatic heterocycles. The van der Waals surface area contributed by atoms with Crippen LogP contribution in [0.3, 0.4) is 0 Å². The quantitative estimate of drug-likeness (QED) is 0.514. The van der Waals surface area contributed by atoms with E-state index in [9.17, 15) is 4.79 Å². The van der Waals surface area contributed by atoms with E-state index in [1.165, 1.54) is 10.9 Å². The number of amides is 1. The van der Waals surface area contributed by atoms with E-state index in [1.807, 2.05) is 11.8 Å². The minimum absolute atomic E-state index is 0.0503. The van der Waals surface area contributed by atoms with Gasteiger partial charge < -0.3 is 0 Å². The Balaban J connectivity index is 1.77. The first-order valence-electron chi connectivity index (χ1n) is 10.1. The molecule has 4 heteroatoms. The number of hydrogen-bond acceptors (Lipinski definition) is 2. The van der Waals surface area contributed by atoms with E-state index in [4.69, 9.17) is 4.74 Å². The molecule has 0 bridgehead atoms. The summed E-state index contributed by atoms with van der Waals surface area (Å²) in [4.78, 5) is 15.1. The van der Waals surface area contributed by atoms with E-state index in [1.54, 1.807) is 0 Å². The molecule has 4 atom stereocenters. The van der Waals surface area contributed by atoms with Crippen LogP contribution in [0.1, 0.15) is 53.4 Å². The third-order valence-electron chi connectivity index (χ3n) is 6.16. The van der Waals surface area contributed by atoms with Gasteiger partial charge in [0.1, 0.15) is 0 Å². The number of benzene rings is 1. The van der Waals surface area contributed by atoms with Crippen LogP contribution in [0.2, 0.25) is 5.32 Å². The van der Waals surface area contributed by atoms with Gasteiger partial charge in [0, 0.05) is 0 Å². The van der Waals surface area contributed by atoms with Crippen LogP contribution in [0.15, 0.2) is 42.5 Å². The molecule has 1 saturated carbocycles. The van der Waals surface area contributed by atoms with Gasteiger partial charge in [-0.25, -0.2) is 0 Å². The summed E-state index contributed by atoms with van der Waals surface area (Å²) >= 11 is 0.406. The molecule has 1 saturated heterocycles. The van der Waals surface area contributed by atoms with Gasteiger partial charge in [0.15, 0.2) is 0 Å². The fourth-order valence-electron chi connectivity index (χ4n) is 4.69. The summed E-state index contributed by atoms with van der Waals surface area (Å²) in [7, 11) is 0. The number of hydrogen-bond donors (Lipinski definition) is 0. The standard InChI is InChI=1S/C23H33NO2Se/c1-16(2)22(25)24-21(13-14-27-18-9-7-6-8-10-18)26-20-15-17(3)11-12-19(20)23(24,4)5/h6-10,17,19-21H,1,11-15H2,2-5H3/t17-,19+,20-,21+/m1/s1. The summed E-state index contributed by atoms with van der Waals surface area (Å²) in [6.07, 6.45) is 4.51. The predicted molar refractivity (Wildman–Crippen MR) is 112 cm³/mol. The van der Waals surface area contributed by atoms with Crippen molar-refractivity contribution in [3.63, 3.8) is 0 Å². The van der Waals surface area contributed by atoms with Crippen LogP contribution in [0.5, 0.6) is 0 Å². The number of fused-ring (bicyclic) bond motifs is 1. The first kappa shape index (κ1) is 20.6. The van der Waals surface area contributed by atoms with Gasteiger partial charge in [0.05, 0.1) is 0 Å². The van der Waals surface area contributed by atoms with Gasteiger partial charge in [-0.15, -0.1) is 0 Å². The second-order valence-electron chi connectivity index (χ2n) is 8.71. The zero-order valence-electron chi connectivity index (χ0n) is 17.1. The minimum atomic E-state index is -0.191. The number of carbonyl (C=O) groups is 1. The summed E-state index contributed by atoms with van der Waals surface area (Å²) in [5.74, 6) is 1.17. The van der Waals surface area contributed by atoms with E-state index in [2.05, 4.69) is 57.7 Å². The van der Waals surface area contributed by atoms with Gasteiger partial charge in [-0.2, -0.15) is 0 Å². The molecule has 2 aliphatic rings. The Morgan fingerprint density at radius 1 is 1.30 bits per heavy atom. The Morgan fingerprint density at radius 2 is 2.00 bits per heavy atom. The van der Waals surface area contributed by atoms with E-state index >= 15 is 0 Å². The van der Waals surface area contributed by atoms with Crippen molar-refractivity contribution in [3.8, 4) is 0 Å². The van der Waals surface area contributed by atoms with Gasteiger partial charge in [-0.05, 0) is 0 Å². The van der Waals surface area contributed by atoms with Gasteiger partial charge in [0.25, 0.3) is 0 Å². The van der Waals surface area contributed by atoms with Gasteiger partial charge in [0.2, 0.25) is 0 Å². The van der Waals surface area contributed by atoms with Crippen molar-refractivity contribution in [2.75, 3.05) is 0 Å². The normalized spacial score (nSPS) is 29.9. The third kappa shape index (κ3) is 4.50. The van der Waals surface area contributed by atoms with Crippen LogP contribution in [-0.4, -0.2) is 43.6 Å².